The number of likely N-dealkylation sites (tertiary alicyclic amines) is 1. The SMILES string of the molecule is CC1CCCN(C(=O)N2CC(CCN)c3ccccc32)C1. The number of rotatable bonds is 2. The zero-order valence-corrected chi connectivity index (χ0v) is 12.8. The molecule has 0 saturated carbocycles. The number of carbonyl (C=O) groups is 1. The number of anilines is 1. The standard InChI is InChI=1S/C17H25N3O/c1-13-5-4-10-19(11-13)17(21)20-12-14(8-9-18)15-6-2-3-7-16(15)20/h2-3,6-7,13-14H,4-5,8-12,18H2,1H3. The summed E-state index contributed by atoms with van der Waals surface area (Å²) in [5.74, 6) is 0.998. The number of urea groups is 1. The Balaban J connectivity index is 1.81. The minimum Gasteiger partial charge on any atom is -0.330 e. The van der Waals surface area contributed by atoms with Crippen LogP contribution in [-0.4, -0.2) is 37.1 Å². The van der Waals surface area contributed by atoms with E-state index in [1.54, 1.807) is 0 Å². The van der Waals surface area contributed by atoms with Crippen molar-refractivity contribution >= 4 is 11.7 Å². The van der Waals surface area contributed by atoms with Gasteiger partial charge in [-0.15, -0.1) is 0 Å². The minimum absolute atomic E-state index is 0.175. The summed E-state index contributed by atoms with van der Waals surface area (Å²) in [6.45, 7) is 5.46. The van der Waals surface area contributed by atoms with Crippen molar-refractivity contribution in [2.75, 3.05) is 31.1 Å². The first-order valence-corrected chi connectivity index (χ1v) is 8.06. The summed E-state index contributed by atoms with van der Waals surface area (Å²) >= 11 is 0. The lowest BCUT2D eigenvalue weighted by Gasteiger charge is -2.34. The monoisotopic (exact) mass is 287 g/mol. The Labute approximate surface area is 126 Å². The topological polar surface area (TPSA) is 49.6 Å². The average molecular weight is 287 g/mol. The third-order valence-corrected chi connectivity index (χ3v) is 4.74. The van der Waals surface area contributed by atoms with Crippen molar-refractivity contribution in [2.45, 2.75) is 32.1 Å². The molecular weight excluding hydrogens is 262 g/mol. The molecule has 2 aliphatic rings. The van der Waals surface area contributed by atoms with Crippen LogP contribution in [0.4, 0.5) is 10.5 Å². The Morgan fingerprint density at radius 3 is 2.90 bits per heavy atom. The molecule has 0 aromatic heterocycles. The molecule has 2 atom stereocenters. The largest absolute Gasteiger partial charge is 0.330 e. The summed E-state index contributed by atoms with van der Waals surface area (Å²) in [6, 6.07) is 8.45. The summed E-state index contributed by atoms with van der Waals surface area (Å²) in [4.78, 5) is 16.9. The van der Waals surface area contributed by atoms with Gasteiger partial charge in [-0.25, -0.2) is 4.79 Å². The van der Waals surface area contributed by atoms with Crippen molar-refractivity contribution in [2.24, 2.45) is 11.7 Å². The van der Waals surface area contributed by atoms with Gasteiger partial charge in [-0.2, -0.15) is 0 Å². The number of nitrogens with zero attached hydrogens (tertiary/aromatic N) is 2. The Bertz CT molecular complexity index is 517. The highest BCUT2D eigenvalue weighted by molar-refractivity contribution is 5.94. The number of benzene rings is 1. The third-order valence-electron chi connectivity index (χ3n) is 4.74. The lowest BCUT2D eigenvalue weighted by Crippen LogP contribution is -2.47. The number of piperidine rings is 1. The predicted octanol–water partition coefficient (Wildman–Crippen LogP) is 2.79. The number of fused-ring (bicyclic) bond motifs is 1. The van der Waals surface area contributed by atoms with Gasteiger partial charge in [-0.3, -0.25) is 4.90 Å². The van der Waals surface area contributed by atoms with Crippen LogP contribution in [0.1, 0.15) is 37.7 Å². The van der Waals surface area contributed by atoms with E-state index >= 15 is 0 Å². The number of carbonyl (C=O) groups excluding carboxylic acids is 1. The smallest absolute Gasteiger partial charge is 0.324 e. The molecule has 1 aromatic rings. The van der Waals surface area contributed by atoms with E-state index < -0.39 is 0 Å². The fraction of sp³-hybridized carbons (Fsp3) is 0.588. The van der Waals surface area contributed by atoms with E-state index in [1.807, 2.05) is 15.9 Å². The van der Waals surface area contributed by atoms with Crippen LogP contribution < -0.4 is 10.6 Å². The van der Waals surface area contributed by atoms with E-state index in [-0.39, 0.29) is 6.03 Å². The maximum Gasteiger partial charge on any atom is 0.324 e. The van der Waals surface area contributed by atoms with Crippen molar-refractivity contribution in [1.82, 2.24) is 4.90 Å². The molecule has 2 unspecified atom stereocenters. The zero-order valence-electron chi connectivity index (χ0n) is 12.8. The van der Waals surface area contributed by atoms with Crippen LogP contribution in [0.25, 0.3) is 0 Å². The first-order valence-electron chi connectivity index (χ1n) is 8.06. The maximum atomic E-state index is 12.9. The van der Waals surface area contributed by atoms with Crippen LogP contribution in [-0.2, 0) is 0 Å². The van der Waals surface area contributed by atoms with Crippen molar-refractivity contribution in [3.63, 3.8) is 0 Å². The molecule has 2 N–H and O–H groups in total. The molecule has 2 heterocycles. The number of hydrogen-bond donors (Lipinski definition) is 1. The first-order chi connectivity index (χ1) is 10.2. The second-order valence-electron chi connectivity index (χ2n) is 6.42. The number of para-hydroxylation sites is 1. The summed E-state index contributed by atoms with van der Waals surface area (Å²) in [7, 11) is 0. The van der Waals surface area contributed by atoms with Gasteiger partial charge in [0.25, 0.3) is 0 Å². The molecule has 3 rings (SSSR count). The lowest BCUT2D eigenvalue weighted by atomic mass is 9.98. The van der Waals surface area contributed by atoms with Crippen LogP contribution >= 0.6 is 0 Å². The van der Waals surface area contributed by atoms with E-state index in [9.17, 15) is 4.79 Å². The van der Waals surface area contributed by atoms with Gasteiger partial charge in [0.05, 0.1) is 0 Å². The van der Waals surface area contributed by atoms with Gasteiger partial charge in [0, 0.05) is 31.2 Å². The molecule has 2 aliphatic heterocycles. The number of hydrogen-bond acceptors (Lipinski definition) is 2. The second kappa shape index (κ2) is 6.06. The van der Waals surface area contributed by atoms with E-state index in [0.29, 0.717) is 18.4 Å². The molecule has 1 aromatic carbocycles. The quantitative estimate of drug-likeness (QED) is 0.909. The molecule has 4 nitrogen and oxygen atoms in total. The molecular formula is C17H25N3O. The van der Waals surface area contributed by atoms with Crippen LogP contribution in [0, 0.1) is 5.92 Å². The summed E-state index contributed by atoms with van der Waals surface area (Å²) in [6.07, 6.45) is 3.29. The third kappa shape index (κ3) is 2.77. The summed E-state index contributed by atoms with van der Waals surface area (Å²) < 4.78 is 0. The maximum absolute atomic E-state index is 12.9. The van der Waals surface area contributed by atoms with Crippen LogP contribution in [0.15, 0.2) is 24.3 Å². The average Bonchev–Trinajstić information content (AvgIpc) is 2.86. The van der Waals surface area contributed by atoms with Crippen molar-refractivity contribution < 1.29 is 4.79 Å². The molecule has 114 valence electrons. The molecule has 0 spiro atoms. The van der Waals surface area contributed by atoms with Crippen molar-refractivity contribution in [3.8, 4) is 0 Å². The summed E-state index contributed by atoms with van der Waals surface area (Å²) in [5, 5.41) is 0. The van der Waals surface area contributed by atoms with E-state index in [2.05, 4.69) is 25.1 Å². The fourth-order valence-corrected chi connectivity index (χ4v) is 3.66. The zero-order chi connectivity index (χ0) is 14.8. The van der Waals surface area contributed by atoms with Gasteiger partial charge >= 0.3 is 6.03 Å². The second-order valence-corrected chi connectivity index (χ2v) is 6.42. The molecule has 0 aliphatic carbocycles. The van der Waals surface area contributed by atoms with Crippen molar-refractivity contribution in [1.29, 1.82) is 0 Å². The van der Waals surface area contributed by atoms with Gasteiger partial charge in [-0.05, 0) is 43.4 Å². The molecule has 2 amide bonds. The Kier molecular flexibility index (Phi) is 4.15. The highest BCUT2D eigenvalue weighted by Crippen LogP contribution is 2.38. The van der Waals surface area contributed by atoms with Crippen LogP contribution in [0.3, 0.4) is 0 Å². The number of amides is 2. The first kappa shape index (κ1) is 14.4. The van der Waals surface area contributed by atoms with Crippen LogP contribution in [0.5, 0.6) is 0 Å². The summed E-state index contributed by atoms with van der Waals surface area (Å²) in [5.41, 5.74) is 8.10. The Hall–Kier alpha value is -1.55. The van der Waals surface area contributed by atoms with Gasteiger partial charge in [0.1, 0.15) is 0 Å². The number of nitrogens with two attached hydrogens (primary N) is 1. The Morgan fingerprint density at radius 2 is 2.14 bits per heavy atom. The predicted molar refractivity (Wildman–Crippen MR) is 85.6 cm³/mol. The molecule has 1 fully saturated rings. The molecule has 0 bridgehead atoms. The lowest BCUT2D eigenvalue weighted by molar-refractivity contribution is 0.176. The van der Waals surface area contributed by atoms with Crippen LogP contribution in [0.2, 0.25) is 0 Å². The van der Waals surface area contributed by atoms with Gasteiger partial charge in [-0.1, -0.05) is 25.1 Å². The molecule has 4 heteroatoms. The van der Waals surface area contributed by atoms with Crippen molar-refractivity contribution in [3.05, 3.63) is 29.8 Å². The normalized spacial score (nSPS) is 25.0. The molecule has 21 heavy (non-hydrogen) atoms. The fourth-order valence-electron chi connectivity index (χ4n) is 3.66. The van der Waals surface area contributed by atoms with Gasteiger partial charge in [0.15, 0.2) is 0 Å². The molecule has 1 saturated heterocycles. The highest BCUT2D eigenvalue weighted by atomic mass is 16.2. The van der Waals surface area contributed by atoms with Gasteiger partial charge in [0.2, 0.25) is 0 Å². The van der Waals surface area contributed by atoms with E-state index in [0.717, 1.165) is 38.2 Å². The van der Waals surface area contributed by atoms with E-state index in [1.165, 1.54) is 12.0 Å². The molecule has 0 radical (unpaired) electrons. The van der Waals surface area contributed by atoms with Gasteiger partial charge < -0.3 is 10.6 Å². The van der Waals surface area contributed by atoms with E-state index in [4.69, 9.17) is 5.73 Å². The highest BCUT2D eigenvalue weighted by Gasteiger charge is 2.34. The Morgan fingerprint density at radius 1 is 1.33 bits per heavy atom. The minimum atomic E-state index is 0.175.